The van der Waals surface area contributed by atoms with Crippen molar-refractivity contribution in [3.05, 3.63) is 70.6 Å². The maximum absolute atomic E-state index is 12.9. The Kier molecular flexibility index (Phi) is 5.68. The van der Waals surface area contributed by atoms with Gasteiger partial charge in [0.2, 0.25) is 11.9 Å². The average molecular weight is 393 g/mol. The van der Waals surface area contributed by atoms with E-state index in [2.05, 4.69) is 15.3 Å². The van der Waals surface area contributed by atoms with Gasteiger partial charge in [-0.1, -0.05) is 18.2 Å². The van der Waals surface area contributed by atoms with Gasteiger partial charge in [-0.05, 0) is 43.3 Å². The minimum atomic E-state index is -0.295. The van der Waals surface area contributed by atoms with E-state index in [1.807, 2.05) is 30.3 Å². The summed E-state index contributed by atoms with van der Waals surface area (Å²) in [4.78, 5) is 21.1. The Labute approximate surface area is 167 Å². The summed E-state index contributed by atoms with van der Waals surface area (Å²) in [5.74, 6) is 0.643. The van der Waals surface area contributed by atoms with Gasteiger partial charge in [0.25, 0.3) is 5.56 Å². The van der Waals surface area contributed by atoms with Gasteiger partial charge in [0, 0.05) is 12.7 Å². The fourth-order valence-electron chi connectivity index (χ4n) is 2.80. The van der Waals surface area contributed by atoms with Crippen LogP contribution in [0.4, 0.5) is 11.4 Å². The topological polar surface area (TPSA) is 125 Å². The van der Waals surface area contributed by atoms with Crippen LogP contribution in [0.15, 0.2) is 69.4 Å². The SMILES string of the molecule is COc1ccc(NC(N)=NC(N)=Nc2c(C)n(C)n(-c3ccccc3)c2=O)cc1. The highest BCUT2D eigenvalue weighted by atomic mass is 16.5. The molecule has 0 aliphatic heterocycles. The molecule has 3 aromatic rings. The van der Waals surface area contributed by atoms with Gasteiger partial charge < -0.3 is 21.5 Å². The van der Waals surface area contributed by atoms with Crippen LogP contribution in [-0.2, 0) is 7.05 Å². The Hall–Kier alpha value is -4.01. The van der Waals surface area contributed by atoms with Crippen LogP contribution < -0.4 is 27.1 Å². The van der Waals surface area contributed by atoms with E-state index in [0.717, 1.165) is 11.4 Å². The summed E-state index contributed by atoms with van der Waals surface area (Å²) in [7, 11) is 3.37. The predicted octanol–water partition coefficient (Wildman–Crippen LogP) is 1.87. The molecule has 0 spiro atoms. The number of para-hydroxylation sites is 1. The molecule has 1 aromatic heterocycles. The molecule has 0 saturated heterocycles. The Bertz CT molecular complexity index is 1110. The van der Waals surface area contributed by atoms with Crippen molar-refractivity contribution in [3.8, 4) is 11.4 Å². The van der Waals surface area contributed by atoms with Gasteiger partial charge in [-0.15, -0.1) is 0 Å². The zero-order valence-electron chi connectivity index (χ0n) is 16.5. The molecule has 2 aromatic carbocycles. The van der Waals surface area contributed by atoms with E-state index in [0.29, 0.717) is 11.4 Å². The minimum Gasteiger partial charge on any atom is -0.497 e. The standard InChI is InChI=1S/C20H23N7O2/c1-13-17(18(28)27(26(13)2)15-7-5-4-6-8-15)24-20(22)25-19(21)23-14-9-11-16(29-3)12-10-14/h4-12H,1-3H3,(H5,21,22,23,24,25). The van der Waals surface area contributed by atoms with Crippen molar-refractivity contribution in [2.75, 3.05) is 12.4 Å². The van der Waals surface area contributed by atoms with Gasteiger partial charge in [0.15, 0.2) is 5.69 Å². The molecule has 0 radical (unpaired) electrons. The maximum Gasteiger partial charge on any atom is 0.297 e. The summed E-state index contributed by atoms with van der Waals surface area (Å²) in [5, 5.41) is 2.90. The summed E-state index contributed by atoms with van der Waals surface area (Å²) in [6, 6.07) is 16.4. The monoisotopic (exact) mass is 393 g/mol. The van der Waals surface area contributed by atoms with E-state index >= 15 is 0 Å². The number of nitrogens with two attached hydrogens (primary N) is 2. The number of ether oxygens (including phenoxy) is 1. The number of aromatic nitrogens is 2. The fraction of sp³-hybridized carbons (Fsp3) is 0.150. The lowest BCUT2D eigenvalue weighted by molar-refractivity contribution is 0.415. The molecular weight excluding hydrogens is 370 g/mol. The van der Waals surface area contributed by atoms with Gasteiger partial charge in [-0.3, -0.25) is 9.48 Å². The highest BCUT2D eigenvalue weighted by molar-refractivity contribution is 6.01. The first-order valence-corrected chi connectivity index (χ1v) is 8.84. The van der Waals surface area contributed by atoms with Crippen LogP contribution in [0.2, 0.25) is 0 Å². The van der Waals surface area contributed by atoms with E-state index in [9.17, 15) is 4.79 Å². The number of methoxy groups -OCH3 is 1. The number of nitrogens with zero attached hydrogens (tertiary/aromatic N) is 4. The molecule has 0 atom stereocenters. The van der Waals surface area contributed by atoms with E-state index in [4.69, 9.17) is 16.2 Å². The summed E-state index contributed by atoms with van der Waals surface area (Å²) in [6.45, 7) is 1.79. The van der Waals surface area contributed by atoms with Crippen LogP contribution in [-0.4, -0.2) is 28.4 Å². The zero-order valence-corrected chi connectivity index (χ0v) is 16.5. The smallest absolute Gasteiger partial charge is 0.297 e. The first-order chi connectivity index (χ1) is 13.9. The van der Waals surface area contributed by atoms with Crippen molar-refractivity contribution >= 4 is 23.3 Å². The summed E-state index contributed by atoms with van der Waals surface area (Å²) in [6.07, 6.45) is 0. The number of rotatable bonds is 4. The maximum atomic E-state index is 12.9. The number of hydrogen-bond donors (Lipinski definition) is 3. The van der Waals surface area contributed by atoms with Crippen molar-refractivity contribution < 1.29 is 4.74 Å². The van der Waals surface area contributed by atoms with E-state index in [-0.39, 0.29) is 23.2 Å². The number of aliphatic imine (C=N–C) groups is 2. The molecule has 0 saturated carbocycles. The molecule has 150 valence electrons. The van der Waals surface area contributed by atoms with Gasteiger partial charge in [-0.2, -0.15) is 4.99 Å². The Morgan fingerprint density at radius 3 is 2.34 bits per heavy atom. The second-order valence-electron chi connectivity index (χ2n) is 6.23. The molecular formula is C20H23N7O2. The van der Waals surface area contributed by atoms with E-state index < -0.39 is 0 Å². The third-order valence-corrected chi connectivity index (χ3v) is 4.35. The van der Waals surface area contributed by atoms with Crippen LogP contribution in [0, 0.1) is 6.92 Å². The molecule has 0 aliphatic rings. The molecule has 0 bridgehead atoms. The highest BCUT2D eigenvalue weighted by Crippen LogP contribution is 2.17. The third kappa shape index (κ3) is 4.29. The molecule has 9 heteroatoms. The number of guanidine groups is 2. The molecule has 0 amide bonds. The quantitative estimate of drug-likeness (QED) is 0.461. The lowest BCUT2D eigenvalue weighted by Crippen LogP contribution is -2.26. The first kappa shape index (κ1) is 19.7. The summed E-state index contributed by atoms with van der Waals surface area (Å²) < 4.78 is 8.34. The van der Waals surface area contributed by atoms with E-state index in [1.165, 1.54) is 4.68 Å². The normalized spacial score (nSPS) is 12.1. The van der Waals surface area contributed by atoms with Gasteiger partial charge in [-0.25, -0.2) is 9.67 Å². The molecule has 29 heavy (non-hydrogen) atoms. The Balaban J connectivity index is 1.87. The van der Waals surface area contributed by atoms with Gasteiger partial charge in [0.1, 0.15) is 5.75 Å². The Morgan fingerprint density at radius 1 is 1.07 bits per heavy atom. The highest BCUT2D eigenvalue weighted by Gasteiger charge is 2.16. The Morgan fingerprint density at radius 2 is 1.72 bits per heavy atom. The van der Waals surface area contributed by atoms with Crippen molar-refractivity contribution in [1.82, 2.24) is 9.36 Å². The molecule has 1 heterocycles. The number of hydrogen-bond acceptors (Lipinski definition) is 3. The van der Waals surface area contributed by atoms with Crippen molar-refractivity contribution in [3.63, 3.8) is 0 Å². The number of benzene rings is 2. The molecule has 0 aliphatic carbocycles. The summed E-state index contributed by atoms with van der Waals surface area (Å²) in [5.41, 5.74) is 13.8. The van der Waals surface area contributed by atoms with Crippen LogP contribution in [0.3, 0.4) is 0 Å². The number of nitrogens with one attached hydrogen (secondary N) is 1. The second kappa shape index (κ2) is 8.34. The second-order valence-corrected chi connectivity index (χ2v) is 6.23. The van der Waals surface area contributed by atoms with Crippen molar-refractivity contribution in [2.45, 2.75) is 6.92 Å². The van der Waals surface area contributed by atoms with Gasteiger partial charge in [0.05, 0.1) is 18.5 Å². The molecule has 5 N–H and O–H groups in total. The van der Waals surface area contributed by atoms with Crippen LogP contribution in [0.25, 0.3) is 5.69 Å². The predicted molar refractivity (Wildman–Crippen MR) is 115 cm³/mol. The largest absolute Gasteiger partial charge is 0.497 e. The van der Waals surface area contributed by atoms with Gasteiger partial charge >= 0.3 is 0 Å². The lowest BCUT2D eigenvalue weighted by atomic mass is 10.3. The first-order valence-electron chi connectivity index (χ1n) is 8.84. The van der Waals surface area contributed by atoms with Crippen molar-refractivity contribution in [2.24, 2.45) is 28.5 Å². The molecule has 9 nitrogen and oxygen atoms in total. The zero-order chi connectivity index (χ0) is 21.0. The molecule has 0 fully saturated rings. The fourth-order valence-corrected chi connectivity index (χ4v) is 2.80. The minimum absolute atomic E-state index is 0.0494. The van der Waals surface area contributed by atoms with E-state index in [1.54, 1.807) is 50.0 Å². The summed E-state index contributed by atoms with van der Waals surface area (Å²) >= 11 is 0. The van der Waals surface area contributed by atoms with Crippen LogP contribution in [0.1, 0.15) is 5.69 Å². The third-order valence-electron chi connectivity index (χ3n) is 4.35. The van der Waals surface area contributed by atoms with Crippen LogP contribution >= 0.6 is 0 Å². The van der Waals surface area contributed by atoms with Crippen molar-refractivity contribution in [1.29, 1.82) is 0 Å². The molecule has 3 rings (SSSR count). The van der Waals surface area contributed by atoms with Crippen LogP contribution in [0.5, 0.6) is 5.75 Å². The number of anilines is 1. The lowest BCUT2D eigenvalue weighted by Gasteiger charge is -2.07. The molecule has 0 unspecified atom stereocenters. The average Bonchev–Trinajstić information content (AvgIpc) is 2.92.